The number of carboxylic acids is 2. The van der Waals surface area contributed by atoms with E-state index in [1.807, 2.05) is 0 Å². The number of para-hydroxylation sites is 2. The van der Waals surface area contributed by atoms with Gasteiger partial charge in [0.2, 0.25) is 0 Å². The minimum atomic E-state index is -1.13. The van der Waals surface area contributed by atoms with E-state index >= 15 is 0 Å². The quantitative estimate of drug-likeness (QED) is 0.906. The van der Waals surface area contributed by atoms with Gasteiger partial charge in [0.15, 0.2) is 0 Å². The van der Waals surface area contributed by atoms with E-state index in [-0.39, 0.29) is 0 Å². The second-order valence-electron chi connectivity index (χ2n) is 5.20. The number of benzene rings is 2. The summed E-state index contributed by atoms with van der Waals surface area (Å²) in [5.74, 6) is -2.71. The second kappa shape index (κ2) is 5.52. The maximum atomic E-state index is 11.6. The zero-order valence-electron chi connectivity index (χ0n) is 11.6. The average Bonchev–Trinajstić information content (AvgIpc) is 2.50. The van der Waals surface area contributed by atoms with E-state index in [2.05, 4.69) is 0 Å². The first-order valence-electron chi connectivity index (χ1n) is 6.88. The predicted molar refractivity (Wildman–Crippen MR) is 78.2 cm³/mol. The lowest BCUT2D eigenvalue weighted by atomic mass is 9.77. The van der Waals surface area contributed by atoms with Crippen LogP contribution in [0.4, 0.5) is 0 Å². The van der Waals surface area contributed by atoms with E-state index in [4.69, 9.17) is 9.84 Å². The lowest BCUT2D eigenvalue weighted by Crippen LogP contribution is -2.27. The van der Waals surface area contributed by atoms with Gasteiger partial charge in [0.05, 0.1) is 12.3 Å². The Bertz CT molecular complexity index is 692. The van der Waals surface area contributed by atoms with Crippen molar-refractivity contribution in [2.24, 2.45) is 5.92 Å². The van der Waals surface area contributed by atoms with Gasteiger partial charge >= 0.3 is 11.9 Å². The Labute approximate surface area is 126 Å². The summed E-state index contributed by atoms with van der Waals surface area (Å²) in [7, 11) is 0. The molecule has 5 nitrogen and oxygen atoms in total. The number of hydrogen-bond donors (Lipinski definition) is 2. The lowest BCUT2D eigenvalue weighted by molar-refractivity contribution is -0.148. The fraction of sp³-hybridized carbons (Fsp3) is 0.176. The molecule has 0 amide bonds. The van der Waals surface area contributed by atoms with Crippen molar-refractivity contribution in [3.63, 3.8) is 0 Å². The van der Waals surface area contributed by atoms with Crippen molar-refractivity contribution in [1.82, 2.24) is 0 Å². The zero-order valence-corrected chi connectivity index (χ0v) is 11.6. The molecule has 2 aromatic rings. The standard InChI is InChI=1S/C17H14O5/c18-15(19)9-12(17(20)21)16-10-5-1-3-7-13(10)22-14-8-4-2-6-11(14)16/h1-8,12,16H,9H2,(H,18,19)(H,20,21). The van der Waals surface area contributed by atoms with Crippen molar-refractivity contribution in [1.29, 1.82) is 0 Å². The Morgan fingerprint density at radius 2 is 1.45 bits per heavy atom. The highest BCUT2D eigenvalue weighted by Gasteiger charge is 2.38. The van der Waals surface area contributed by atoms with Crippen LogP contribution in [0.25, 0.3) is 0 Å². The van der Waals surface area contributed by atoms with E-state index in [9.17, 15) is 14.7 Å². The second-order valence-corrected chi connectivity index (χ2v) is 5.20. The molecule has 1 aliphatic rings. The maximum Gasteiger partial charge on any atom is 0.308 e. The predicted octanol–water partition coefficient (Wildman–Crippen LogP) is 3.10. The molecular weight excluding hydrogens is 284 g/mol. The summed E-state index contributed by atoms with van der Waals surface area (Å²) < 4.78 is 5.80. The zero-order chi connectivity index (χ0) is 15.7. The average molecular weight is 298 g/mol. The number of carbonyl (C=O) groups is 2. The van der Waals surface area contributed by atoms with E-state index in [1.165, 1.54) is 0 Å². The van der Waals surface area contributed by atoms with Crippen LogP contribution in [0.1, 0.15) is 23.5 Å². The summed E-state index contributed by atoms with van der Waals surface area (Å²) in [6, 6.07) is 14.3. The maximum absolute atomic E-state index is 11.6. The van der Waals surface area contributed by atoms with Crippen molar-refractivity contribution in [2.45, 2.75) is 12.3 Å². The Morgan fingerprint density at radius 3 is 1.91 bits per heavy atom. The van der Waals surface area contributed by atoms with Crippen molar-refractivity contribution < 1.29 is 24.5 Å². The van der Waals surface area contributed by atoms with Crippen molar-refractivity contribution in [3.8, 4) is 11.5 Å². The van der Waals surface area contributed by atoms with Crippen LogP contribution in [0.15, 0.2) is 48.5 Å². The molecule has 0 saturated heterocycles. The summed E-state index contributed by atoms with van der Waals surface area (Å²) in [5, 5.41) is 18.6. The molecule has 1 unspecified atom stereocenters. The summed E-state index contributed by atoms with van der Waals surface area (Å²) >= 11 is 0. The van der Waals surface area contributed by atoms with Crippen LogP contribution in [0.3, 0.4) is 0 Å². The smallest absolute Gasteiger partial charge is 0.308 e. The molecular formula is C17H14O5. The monoisotopic (exact) mass is 298 g/mol. The Balaban J connectivity index is 2.16. The lowest BCUT2D eigenvalue weighted by Gasteiger charge is -2.31. The third-order valence-corrected chi connectivity index (χ3v) is 3.84. The van der Waals surface area contributed by atoms with Gasteiger partial charge in [0.25, 0.3) is 0 Å². The van der Waals surface area contributed by atoms with Crippen LogP contribution in [0.2, 0.25) is 0 Å². The molecule has 22 heavy (non-hydrogen) atoms. The van der Waals surface area contributed by atoms with Gasteiger partial charge in [0, 0.05) is 17.0 Å². The number of rotatable bonds is 4. The Hall–Kier alpha value is -2.82. The molecule has 1 heterocycles. The molecule has 0 fully saturated rings. The molecule has 0 aromatic heterocycles. The number of hydrogen-bond acceptors (Lipinski definition) is 3. The molecule has 2 N–H and O–H groups in total. The largest absolute Gasteiger partial charge is 0.481 e. The first-order valence-corrected chi connectivity index (χ1v) is 6.88. The number of carboxylic acid groups (broad SMARTS) is 2. The third-order valence-electron chi connectivity index (χ3n) is 3.84. The normalized spacial score (nSPS) is 14.4. The highest BCUT2D eigenvalue weighted by Crippen LogP contribution is 2.48. The van der Waals surface area contributed by atoms with Crippen LogP contribution in [-0.2, 0) is 9.59 Å². The molecule has 1 atom stereocenters. The molecule has 5 heteroatoms. The first kappa shape index (κ1) is 14.1. The summed E-state index contributed by atoms with van der Waals surface area (Å²) in [4.78, 5) is 22.7. The minimum Gasteiger partial charge on any atom is -0.481 e. The van der Waals surface area contributed by atoms with Crippen molar-refractivity contribution in [3.05, 3.63) is 59.7 Å². The van der Waals surface area contributed by atoms with Gasteiger partial charge < -0.3 is 14.9 Å². The molecule has 112 valence electrons. The summed E-state index contributed by atoms with van der Waals surface area (Å²) in [6.07, 6.45) is -0.442. The van der Waals surface area contributed by atoms with Crippen LogP contribution < -0.4 is 4.74 Å². The van der Waals surface area contributed by atoms with E-state index in [0.29, 0.717) is 22.6 Å². The van der Waals surface area contributed by atoms with Gasteiger partial charge in [-0.25, -0.2) is 0 Å². The van der Waals surface area contributed by atoms with Crippen molar-refractivity contribution in [2.75, 3.05) is 0 Å². The Morgan fingerprint density at radius 1 is 0.955 bits per heavy atom. The van der Waals surface area contributed by atoms with Crippen LogP contribution >= 0.6 is 0 Å². The minimum absolute atomic E-state index is 0.442. The molecule has 0 radical (unpaired) electrons. The van der Waals surface area contributed by atoms with E-state index < -0.39 is 30.2 Å². The first-order chi connectivity index (χ1) is 10.6. The topological polar surface area (TPSA) is 83.8 Å². The summed E-state index contributed by atoms with van der Waals surface area (Å²) in [5.41, 5.74) is 1.41. The van der Waals surface area contributed by atoms with Crippen LogP contribution in [0.5, 0.6) is 11.5 Å². The molecule has 1 aliphatic heterocycles. The van der Waals surface area contributed by atoms with Gasteiger partial charge in [-0.15, -0.1) is 0 Å². The van der Waals surface area contributed by atoms with Crippen LogP contribution in [0, 0.1) is 5.92 Å². The van der Waals surface area contributed by atoms with E-state index in [0.717, 1.165) is 0 Å². The SMILES string of the molecule is O=C(O)CC(C(=O)O)C1c2ccccc2Oc2ccccc21. The van der Waals surface area contributed by atoms with Gasteiger partial charge in [0.1, 0.15) is 11.5 Å². The van der Waals surface area contributed by atoms with E-state index in [1.54, 1.807) is 48.5 Å². The van der Waals surface area contributed by atoms with Gasteiger partial charge in [-0.2, -0.15) is 0 Å². The molecule has 3 rings (SSSR count). The van der Waals surface area contributed by atoms with Crippen LogP contribution in [-0.4, -0.2) is 22.2 Å². The number of ether oxygens (including phenoxy) is 1. The molecule has 0 aliphatic carbocycles. The van der Waals surface area contributed by atoms with Crippen molar-refractivity contribution >= 4 is 11.9 Å². The Kier molecular flexibility index (Phi) is 3.55. The highest BCUT2D eigenvalue weighted by molar-refractivity contribution is 5.80. The van der Waals surface area contributed by atoms with Gasteiger partial charge in [-0.1, -0.05) is 36.4 Å². The summed E-state index contributed by atoms with van der Waals surface area (Å²) in [6.45, 7) is 0. The molecule has 0 bridgehead atoms. The number of fused-ring (bicyclic) bond motifs is 2. The fourth-order valence-corrected chi connectivity index (χ4v) is 2.92. The fourth-order valence-electron chi connectivity index (χ4n) is 2.92. The van der Waals surface area contributed by atoms with Gasteiger partial charge in [-0.3, -0.25) is 9.59 Å². The molecule has 0 spiro atoms. The van der Waals surface area contributed by atoms with Gasteiger partial charge in [-0.05, 0) is 12.1 Å². The molecule has 0 saturated carbocycles. The highest BCUT2D eigenvalue weighted by atomic mass is 16.5. The number of aliphatic carboxylic acids is 2. The molecule has 2 aromatic carbocycles. The third kappa shape index (κ3) is 2.41.